The van der Waals surface area contributed by atoms with Crippen molar-refractivity contribution in [3.8, 4) is 0 Å². The van der Waals surface area contributed by atoms with Crippen LogP contribution in [0, 0.1) is 11.8 Å². The van der Waals surface area contributed by atoms with Crippen molar-refractivity contribution in [3.05, 3.63) is 0 Å². The van der Waals surface area contributed by atoms with Crippen molar-refractivity contribution in [2.24, 2.45) is 11.8 Å². The van der Waals surface area contributed by atoms with Crippen molar-refractivity contribution in [1.82, 2.24) is 0 Å². The number of esters is 4. The highest BCUT2D eigenvalue weighted by Gasteiger charge is 2.30. The maximum atomic E-state index is 13.1. The first-order chi connectivity index (χ1) is 45.4. The van der Waals surface area contributed by atoms with Crippen molar-refractivity contribution in [2.45, 2.75) is 407 Å². The van der Waals surface area contributed by atoms with E-state index in [-0.39, 0.29) is 25.7 Å². The van der Waals surface area contributed by atoms with Gasteiger partial charge in [0.15, 0.2) is 12.2 Å². The number of phosphoric acid groups is 2. The fourth-order valence-electron chi connectivity index (χ4n) is 11.4. The van der Waals surface area contributed by atoms with Gasteiger partial charge in [-0.2, -0.15) is 0 Å². The molecule has 0 saturated heterocycles. The van der Waals surface area contributed by atoms with E-state index in [1.807, 2.05) is 0 Å². The number of carbonyl (C=O) groups excluding carboxylic acids is 4. The van der Waals surface area contributed by atoms with Gasteiger partial charge >= 0.3 is 39.5 Å². The monoisotopic (exact) mass is 1380 g/mol. The van der Waals surface area contributed by atoms with Crippen LogP contribution in [0.5, 0.6) is 0 Å². The molecule has 0 aliphatic carbocycles. The van der Waals surface area contributed by atoms with Crippen LogP contribution >= 0.6 is 15.6 Å². The summed E-state index contributed by atoms with van der Waals surface area (Å²) in [6.07, 6.45) is 54.2. The molecule has 0 aliphatic rings. The summed E-state index contributed by atoms with van der Waals surface area (Å²) in [7, 11) is -9.91. The zero-order valence-corrected chi connectivity index (χ0v) is 63.1. The molecule has 3 N–H and O–H groups in total. The molecule has 3 unspecified atom stereocenters. The molecule has 0 spiro atoms. The molecular weight excluding hydrogens is 1230 g/mol. The highest BCUT2D eigenvalue weighted by molar-refractivity contribution is 7.47. The van der Waals surface area contributed by atoms with E-state index < -0.39 is 97.5 Å². The minimum absolute atomic E-state index is 0.105. The van der Waals surface area contributed by atoms with Crippen LogP contribution in [0.1, 0.15) is 388 Å². The Hall–Kier alpha value is -1.94. The van der Waals surface area contributed by atoms with E-state index in [1.54, 1.807) is 0 Å². The lowest BCUT2D eigenvalue weighted by molar-refractivity contribution is -0.161. The second-order valence-corrected chi connectivity index (χ2v) is 30.7. The van der Waals surface area contributed by atoms with Gasteiger partial charge in [0.25, 0.3) is 0 Å². The number of rotatable bonds is 74. The number of aliphatic hydroxyl groups excluding tert-OH is 1. The largest absolute Gasteiger partial charge is 0.472 e. The minimum atomic E-state index is -4.96. The molecule has 0 saturated carbocycles. The summed E-state index contributed by atoms with van der Waals surface area (Å²) in [5.74, 6) is -0.625. The molecule has 0 radical (unpaired) electrons. The van der Waals surface area contributed by atoms with Gasteiger partial charge < -0.3 is 33.8 Å². The van der Waals surface area contributed by atoms with Gasteiger partial charge in [0.05, 0.1) is 26.4 Å². The van der Waals surface area contributed by atoms with E-state index in [0.717, 1.165) is 102 Å². The van der Waals surface area contributed by atoms with Crippen molar-refractivity contribution >= 4 is 39.5 Å². The summed E-state index contributed by atoms with van der Waals surface area (Å²) in [6.45, 7) is 9.53. The molecule has 0 heterocycles. The Morgan fingerprint density at radius 1 is 0.309 bits per heavy atom. The molecule has 0 fully saturated rings. The highest BCUT2D eigenvalue weighted by atomic mass is 31.2. The predicted octanol–water partition coefficient (Wildman–Crippen LogP) is 21.9. The zero-order chi connectivity index (χ0) is 69.3. The molecule has 6 atom stereocenters. The quantitative estimate of drug-likeness (QED) is 0.0222. The first-order valence-electron chi connectivity index (χ1n) is 39.0. The summed E-state index contributed by atoms with van der Waals surface area (Å²) in [4.78, 5) is 72.7. The highest BCUT2D eigenvalue weighted by Crippen LogP contribution is 2.45. The lowest BCUT2D eigenvalue weighted by atomic mass is 9.99. The second-order valence-electron chi connectivity index (χ2n) is 27.8. The summed E-state index contributed by atoms with van der Waals surface area (Å²) in [5.41, 5.74) is 0. The Morgan fingerprint density at radius 2 is 0.543 bits per heavy atom. The van der Waals surface area contributed by atoms with Crippen LogP contribution in [0.25, 0.3) is 0 Å². The predicted molar refractivity (Wildman–Crippen MR) is 381 cm³/mol. The van der Waals surface area contributed by atoms with Crippen LogP contribution in [0.2, 0.25) is 0 Å². The Bertz CT molecular complexity index is 1820. The first-order valence-corrected chi connectivity index (χ1v) is 42.0. The smallest absolute Gasteiger partial charge is 0.462 e. The number of aliphatic hydroxyl groups is 1. The summed E-state index contributed by atoms with van der Waals surface area (Å²) < 4.78 is 68.4. The average molecular weight is 1380 g/mol. The number of hydrogen-bond acceptors (Lipinski definition) is 15. The van der Waals surface area contributed by atoms with Gasteiger partial charge in [-0.1, -0.05) is 337 Å². The van der Waals surface area contributed by atoms with Crippen LogP contribution < -0.4 is 0 Å². The fraction of sp³-hybridized carbons (Fsp3) is 0.947. The minimum Gasteiger partial charge on any atom is -0.462 e. The van der Waals surface area contributed by atoms with Gasteiger partial charge in [-0.15, -0.1) is 0 Å². The third kappa shape index (κ3) is 67.3. The van der Waals surface area contributed by atoms with E-state index in [1.165, 1.54) is 205 Å². The van der Waals surface area contributed by atoms with Crippen molar-refractivity contribution < 1.29 is 80.2 Å². The molecule has 558 valence electrons. The lowest BCUT2D eigenvalue weighted by Crippen LogP contribution is -2.30. The van der Waals surface area contributed by atoms with Gasteiger partial charge in [-0.25, -0.2) is 9.13 Å². The molecule has 0 aromatic carbocycles. The molecule has 0 aromatic heterocycles. The number of carbonyl (C=O) groups is 4. The fourth-order valence-corrected chi connectivity index (χ4v) is 13.0. The SMILES string of the molecule is CCCCCCCCCCCCCCCCCCCCCCCC(=O)O[C@H](COC(=O)CCCCCCCCCCC(C)CC)COP(=O)(O)OC[C@@H](O)COP(=O)(O)OC[C@@H](COC(=O)CCCCCCCCCCCC)OC(=O)CCCCCCCCCCC(C)C. The molecule has 0 amide bonds. The maximum Gasteiger partial charge on any atom is 0.472 e. The molecule has 17 nitrogen and oxygen atoms in total. The normalized spacial score (nSPS) is 14.3. The van der Waals surface area contributed by atoms with Crippen molar-refractivity contribution in [1.29, 1.82) is 0 Å². The standard InChI is InChI=1S/C75H146O17P2/c1-7-10-12-14-16-18-20-21-22-23-24-25-26-27-28-29-30-32-41-47-53-59-74(79)91-70(64-86-73(78)58-52-46-40-36-34-38-44-50-56-68(6)9-3)65-89-93(81,82)87-61-69(76)62-88-94(83,84)90-66-71(63-85-72(77)57-51-45-39-31-19-17-15-13-11-8-2)92-75(80)60-54-48-42-35-33-37-43-49-55-67(4)5/h67-71,76H,7-66H2,1-6H3,(H,81,82)(H,83,84)/t68?,69-,70-,71-/m1/s1. The number of hydrogen-bond donors (Lipinski definition) is 3. The summed E-state index contributed by atoms with van der Waals surface area (Å²) >= 11 is 0. The first kappa shape index (κ1) is 92.1. The van der Waals surface area contributed by atoms with Gasteiger partial charge in [0.2, 0.25) is 0 Å². The zero-order valence-electron chi connectivity index (χ0n) is 61.3. The Morgan fingerprint density at radius 3 is 0.809 bits per heavy atom. The van der Waals surface area contributed by atoms with Gasteiger partial charge in [0, 0.05) is 25.7 Å². The van der Waals surface area contributed by atoms with E-state index in [9.17, 15) is 43.2 Å². The van der Waals surface area contributed by atoms with Gasteiger partial charge in [-0.3, -0.25) is 37.3 Å². The molecule has 94 heavy (non-hydrogen) atoms. The lowest BCUT2D eigenvalue weighted by Gasteiger charge is -2.21. The molecule has 0 aromatic rings. The van der Waals surface area contributed by atoms with Crippen LogP contribution in [0.15, 0.2) is 0 Å². The van der Waals surface area contributed by atoms with E-state index in [4.69, 9.17) is 37.0 Å². The van der Waals surface area contributed by atoms with Crippen molar-refractivity contribution in [3.63, 3.8) is 0 Å². The molecule has 19 heteroatoms. The molecule has 0 aliphatic heterocycles. The topological polar surface area (TPSA) is 237 Å². The Kier molecular flexibility index (Phi) is 65.5. The van der Waals surface area contributed by atoms with Crippen LogP contribution in [-0.2, 0) is 65.4 Å². The van der Waals surface area contributed by atoms with E-state index in [2.05, 4.69) is 41.5 Å². The van der Waals surface area contributed by atoms with Gasteiger partial charge in [0.1, 0.15) is 19.3 Å². The molecule has 0 bridgehead atoms. The van der Waals surface area contributed by atoms with Crippen LogP contribution in [0.3, 0.4) is 0 Å². The Labute approximate surface area is 575 Å². The number of phosphoric ester groups is 2. The number of ether oxygens (including phenoxy) is 4. The van der Waals surface area contributed by atoms with Crippen LogP contribution in [-0.4, -0.2) is 96.7 Å². The Balaban J connectivity index is 5.19. The third-order valence-electron chi connectivity index (χ3n) is 17.8. The third-order valence-corrected chi connectivity index (χ3v) is 19.7. The molecular formula is C75H146O17P2. The maximum absolute atomic E-state index is 13.1. The summed E-state index contributed by atoms with van der Waals surface area (Å²) in [5, 5.41) is 10.6. The molecule has 0 rings (SSSR count). The van der Waals surface area contributed by atoms with Crippen molar-refractivity contribution in [2.75, 3.05) is 39.6 Å². The number of unbranched alkanes of at least 4 members (excludes halogenated alkanes) is 43. The van der Waals surface area contributed by atoms with Crippen LogP contribution in [0.4, 0.5) is 0 Å². The van der Waals surface area contributed by atoms with Gasteiger partial charge in [-0.05, 0) is 37.5 Å². The second kappa shape index (κ2) is 66.9. The van der Waals surface area contributed by atoms with E-state index >= 15 is 0 Å². The van der Waals surface area contributed by atoms with E-state index in [0.29, 0.717) is 25.7 Å². The average Bonchev–Trinajstić information content (AvgIpc) is 1.54. The summed E-state index contributed by atoms with van der Waals surface area (Å²) in [6, 6.07) is 0.